The molecule has 0 bridgehead atoms. The largest absolute Gasteiger partial charge is 0.371 e. The van der Waals surface area contributed by atoms with Crippen LogP contribution in [0.4, 0.5) is 11.4 Å². The molecule has 1 amide bonds. The summed E-state index contributed by atoms with van der Waals surface area (Å²) in [4.78, 5) is 19.3. The van der Waals surface area contributed by atoms with Gasteiger partial charge in [0.1, 0.15) is 12.7 Å². The number of carbonyl (C=O) groups is 1. The van der Waals surface area contributed by atoms with E-state index in [1.165, 1.54) is 26.5 Å². The van der Waals surface area contributed by atoms with E-state index >= 15 is 0 Å². The van der Waals surface area contributed by atoms with Gasteiger partial charge in [0.25, 0.3) is 5.91 Å². The van der Waals surface area contributed by atoms with E-state index < -0.39 is 10.0 Å². The fourth-order valence-electron chi connectivity index (χ4n) is 3.54. The SMILES string of the molecule is CN(C)S(=O)(=O)c1ccc(N2CCCC2)c(C(=O)Nc2ccc(-n3cncn3)cc2)c1. The van der Waals surface area contributed by atoms with E-state index in [4.69, 9.17) is 0 Å². The molecule has 10 heteroatoms. The molecule has 162 valence electrons. The number of nitrogens with zero attached hydrogens (tertiary/aromatic N) is 5. The van der Waals surface area contributed by atoms with Crippen molar-refractivity contribution in [2.75, 3.05) is 37.4 Å². The lowest BCUT2D eigenvalue weighted by molar-refractivity contribution is 0.102. The molecule has 9 nitrogen and oxygen atoms in total. The van der Waals surface area contributed by atoms with Gasteiger partial charge >= 0.3 is 0 Å². The number of sulfonamides is 1. The van der Waals surface area contributed by atoms with Gasteiger partial charge in [-0.2, -0.15) is 5.10 Å². The zero-order valence-electron chi connectivity index (χ0n) is 17.4. The lowest BCUT2D eigenvalue weighted by Gasteiger charge is -2.22. The molecule has 1 N–H and O–H groups in total. The molecule has 0 saturated carbocycles. The minimum absolute atomic E-state index is 0.0899. The Bertz CT molecular complexity index is 1170. The van der Waals surface area contributed by atoms with Gasteiger partial charge in [-0.3, -0.25) is 4.79 Å². The van der Waals surface area contributed by atoms with Crippen LogP contribution in [0, 0.1) is 0 Å². The number of nitrogens with one attached hydrogen (secondary N) is 1. The van der Waals surface area contributed by atoms with Crippen molar-refractivity contribution in [3.63, 3.8) is 0 Å². The summed E-state index contributed by atoms with van der Waals surface area (Å²) in [5, 5.41) is 6.96. The highest BCUT2D eigenvalue weighted by Crippen LogP contribution is 2.29. The van der Waals surface area contributed by atoms with Crippen LogP contribution in [-0.4, -0.2) is 60.6 Å². The van der Waals surface area contributed by atoms with E-state index in [0.29, 0.717) is 11.3 Å². The Balaban J connectivity index is 1.65. The third-order valence-corrected chi connectivity index (χ3v) is 7.06. The van der Waals surface area contributed by atoms with E-state index in [1.54, 1.807) is 35.3 Å². The number of rotatable bonds is 6. The van der Waals surface area contributed by atoms with Gasteiger partial charge in [-0.15, -0.1) is 0 Å². The number of hydrogen-bond donors (Lipinski definition) is 1. The van der Waals surface area contributed by atoms with E-state index in [1.807, 2.05) is 12.1 Å². The summed E-state index contributed by atoms with van der Waals surface area (Å²) in [7, 11) is -0.713. The van der Waals surface area contributed by atoms with E-state index in [9.17, 15) is 13.2 Å². The first-order valence-electron chi connectivity index (χ1n) is 9.94. The first-order chi connectivity index (χ1) is 14.9. The Morgan fingerprint density at radius 3 is 2.39 bits per heavy atom. The second-order valence-electron chi connectivity index (χ2n) is 7.50. The maximum absolute atomic E-state index is 13.2. The van der Waals surface area contributed by atoms with Crippen LogP contribution in [0.2, 0.25) is 0 Å². The average molecular weight is 441 g/mol. The van der Waals surface area contributed by atoms with E-state index in [-0.39, 0.29) is 10.8 Å². The molecule has 0 aliphatic carbocycles. The van der Waals surface area contributed by atoms with Gasteiger partial charge in [-0.1, -0.05) is 0 Å². The summed E-state index contributed by atoms with van der Waals surface area (Å²) in [6.45, 7) is 1.68. The normalized spacial score (nSPS) is 14.2. The molecule has 0 unspecified atom stereocenters. The molecule has 0 atom stereocenters. The quantitative estimate of drug-likeness (QED) is 0.632. The van der Waals surface area contributed by atoms with Crippen molar-refractivity contribution in [2.24, 2.45) is 0 Å². The van der Waals surface area contributed by atoms with Crippen molar-refractivity contribution in [1.29, 1.82) is 0 Å². The standard InChI is InChI=1S/C21H24N6O3S/c1-25(2)31(29,30)18-9-10-20(26-11-3-4-12-26)19(13-18)21(28)24-16-5-7-17(8-6-16)27-15-22-14-23-27/h5-10,13-15H,3-4,11-12H2,1-2H3,(H,24,28). The number of amides is 1. The molecular weight excluding hydrogens is 416 g/mol. The predicted molar refractivity (Wildman–Crippen MR) is 118 cm³/mol. The minimum Gasteiger partial charge on any atom is -0.371 e. The summed E-state index contributed by atoms with van der Waals surface area (Å²) in [5.74, 6) is -0.355. The molecule has 3 aromatic rings. The number of aromatic nitrogens is 3. The minimum atomic E-state index is -3.66. The summed E-state index contributed by atoms with van der Waals surface area (Å²) in [6, 6.07) is 11.9. The zero-order valence-corrected chi connectivity index (χ0v) is 18.2. The Morgan fingerprint density at radius 2 is 1.77 bits per heavy atom. The number of carbonyl (C=O) groups excluding carboxylic acids is 1. The van der Waals surface area contributed by atoms with Crippen LogP contribution in [0.3, 0.4) is 0 Å². The Hall–Kier alpha value is -3.24. The number of benzene rings is 2. The van der Waals surface area contributed by atoms with Crippen LogP contribution in [0.25, 0.3) is 5.69 Å². The third kappa shape index (κ3) is 4.30. The molecule has 31 heavy (non-hydrogen) atoms. The van der Waals surface area contributed by atoms with Gasteiger partial charge in [0.05, 0.1) is 16.1 Å². The molecule has 2 heterocycles. The van der Waals surface area contributed by atoms with Crippen LogP contribution in [-0.2, 0) is 10.0 Å². The third-order valence-electron chi connectivity index (χ3n) is 5.25. The van der Waals surface area contributed by atoms with Gasteiger partial charge < -0.3 is 10.2 Å². The Labute approximate surface area is 181 Å². The monoisotopic (exact) mass is 440 g/mol. The maximum Gasteiger partial charge on any atom is 0.257 e. The van der Waals surface area contributed by atoms with Crippen molar-refractivity contribution >= 4 is 27.3 Å². The van der Waals surface area contributed by atoms with Crippen LogP contribution in [0.1, 0.15) is 23.2 Å². The lowest BCUT2D eigenvalue weighted by atomic mass is 10.1. The molecule has 0 spiro atoms. The molecule has 1 saturated heterocycles. The topological polar surface area (TPSA) is 100 Å². The summed E-state index contributed by atoms with van der Waals surface area (Å²) in [5.41, 5.74) is 2.49. The number of hydrogen-bond acceptors (Lipinski definition) is 6. The van der Waals surface area contributed by atoms with Gasteiger partial charge in [0.15, 0.2) is 0 Å². The lowest BCUT2D eigenvalue weighted by Crippen LogP contribution is -2.25. The fourth-order valence-corrected chi connectivity index (χ4v) is 4.47. The molecule has 1 aliphatic heterocycles. The molecular formula is C21H24N6O3S. The highest BCUT2D eigenvalue weighted by atomic mass is 32.2. The van der Waals surface area contributed by atoms with Crippen LogP contribution < -0.4 is 10.2 Å². The van der Waals surface area contributed by atoms with Crippen LogP contribution in [0.5, 0.6) is 0 Å². The highest BCUT2D eigenvalue weighted by molar-refractivity contribution is 7.89. The summed E-state index contributed by atoms with van der Waals surface area (Å²) < 4.78 is 28.0. The van der Waals surface area contributed by atoms with Crippen molar-refractivity contribution in [3.05, 3.63) is 60.7 Å². The predicted octanol–water partition coefficient (Wildman–Crippen LogP) is 2.37. The van der Waals surface area contributed by atoms with E-state index in [2.05, 4.69) is 20.3 Å². The number of anilines is 2. The second kappa shape index (κ2) is 8.48. The van der Waals surface area contributed by atoms with E-state index in [0.717, 1.165) is 41.6 Å². The van der Waals surface area contributed by atoms with Crippen molar-refractivity contribution in [3.8, 4) is 5.69 Å². The first kappa shape index (κ1) is 21.0. The van der Waals surface area contributed by atoms with Gasteiger partial charge in [-0.05, 0) is 55.3 Å². The zero-order chi connectivity index (χ0) is 22.0. The molecule has 4 rings (SSSR count). The Morgan fingerprint density at radius 1 is 1.06 bits per heavy atom. The molecule has 1 aliphatic rings. The maximum atomic E-state index is 13.2. The fraction of sp³-hybridized carbons (Fsp3) is 0.286. The summed E-state index contributed by atoms with van der Waals surface area (Å²) >= 11 is 0. The van der Waals surface area contributed by atoms with Crippen molar-refractivity contribution in [2.45, 2.75) is 17.7 Å². The first-order valence-corrected chi connectivity index (χ1v) is 11.4. The molecule has 1 fully saturated rings. The smallest absolute Gasteiger partial charge is 0.257 e. The highest BCUT2D eigenvalue weighted by Gasteiger charge is 2.24. The average Bonchev–Trinajstić information content (AvgIpc) is 3.48. The van der Waals surface area contributed by atoms with Crippen molar-refractivity contribution < 1.29 is 13.2 Å². The molecule has 2 aromatic carbocycles. The van der Waals surface area contributed by atoms with Crippen molar-refractivity contribution in [1.82, 2.24) is 19.1 Å². The summed E-state index contributed by atoms with van der Waals surface area (Å²) in [6.07, 6.45) is 5.13. The van der Waals surface area contributed by atoms with Gasteiger partial charge in [0.2, 0.25) is 10.0 Å². The second-order valence-corrected chi connectivity index (χ2v) is 9.65. The van der Waals surface area contributed by atoms with Gasteiger partial charge in [-0.25, -0.2) is 22.4 Å². The van der Waals surface area contributed by atoms with Gasteiger partial charge in [0, 0.05) is 38.6 Å². The molecule has 1 aromatic heterocycles. The van der Waals surface area contributed by atoms with Crippen LogP contribution >= 0.6 is 0 Å². The Kier molecular flexibility index (Phi) is 5.75. The molecule has 0 radical (unpaired) electrons. The van der Waals surface area contributed by atoms with Crippen LogP contribution in [0.15, 0.2) is 60.0 Å².